The molecule has 0 unspecified atom stereocenters. The van der Waals surface area contributed by atoms with E-state index in [9.17, 15) is 4.39 Å². The van der Waals surface area contributed by atoms with Crippen LogP contribution < -0.4 is 11.1 Å². The highest BCUT2D eigenvalue weighted by atomic mass is 19.1. The Hall–Kier alpha value is -3.14. The number of hydrogen-bond acceptors (Lipinski definition) is 5. The minimum Gasteiger partial charge on any atom is -0.382 e. The van der Waals surface area contributed by atoms with Crippen molar-refractivity contribution in [3.05, 3.63) is 48.2 Å². The number of nitrogens with one attached hydrogen (secondary N) is 1. The summed E-state index contributed by atoms with van der Waals surface area (Å²) in [4.78, 5) is 8.30. The van der Waals surface area contributed by atoms with E-state index in [0.717, 1.165) is 6.07 Å². The predicted octanol–water partition coefficient (Wildman–Crippen LogP) is 2.07. The SMILES string of the molecule is N#Cc1cc(F)ccc1Nc1nc(N)cn2ccnc12. The van der Waals surface area contributed by atoms with Gasteiger partial charge in [0.1, 0.15) is 17.7 Å². The molecule has 0 aliphatic rings. The highest BCUT2D eigenvalue weighted by Crippen LogP contribution is 2.23. The average molecular weight is 268 g/mol. The molecule has 1 aromatic carbocycles. The van der Waals surface area contributed by atoms with Gasteiger partial charge in [-0.1, -0.05) is 0 Å². The molecular formula is C13H9FN6. The molecule has 3 rings (SSSR count). The minimum absolute atomic E-state index is 0.180. The first-order valence-corrected chi connectivity index (χ1v) is 5.73. The Kier molecular flexibility index (Phi) is 2.69. The number of rotatable bonds is 2. The maximum atomic E-state index is 13.1. The van der Waals surface area contributed by atoms with Crippen molar-refractivity contribution in [3.8, 4) is 6.07 Å². The smallest absolute Gasteiger partial charge is 0.180 e. The van der Waals surface area contributed by atoms with Crippen LogP contribution in [0.5, 0.6) is 0 Å². The summed E-state index contributed by atoms with van der Waals surface area (Å²) < 4.78 is 14.8. The van der Waals surface area contributed by atoms with Gasteiger partial charge in [0.2, 0.25) is 0 Å². The molecule has 20 heavy (non-hydrogen) atoms. The Morgan fingerprint density at radius 2 is 2.25 bits per heavy atom. The predicted molar refractivity (Wildman–Crippen MR) is 71.8 cm³/mol. The van der Waals surface area contributed by atoms with Crippen molar-refractivity contribution in [1.29, 1.82) is 5.26 Å². The maximum absolute atomic E-state index is 13.1. The molecule has 6 nitrogen and oxygen atoms in total. The normalized spacial score (nSPS) is 10.4. The van der Waals surface area contributed by atoms with Crippen LogP contribution in [0, 0.1) is 17.1 Å². The largest absolute Gasteiger partial charge is 0.382 e. The number of halogens is 1. The molecule has 98 valence electrons. The van der Waals surface area contributed by atoms with Crippen molar-refractivity contribution >= 4 is 23.0 Å². The molecule has 3 N–H and O–H groups in total. The molecule has 2 heterocycles. The monoisotopic (exact) mass is 268 g/mol. The van der Waals surface area contributed by atoms with Crippen LogP contribution in [0.3, 0.4) is 0 Å². The third-order valence-corrected chi connectivity index (χ3v) is 2.75. The standard InChI is InChI=1S/C13H9FN6/c14-9-1-2-10(8(5-9)6-15)18-12-13-17-3-4-20(13)7-11(16)19-12/h1-5,7H,16H2,(H,18,19). The van der Waals surface area contributed by atoms with Crippen molar-refractivity contribution in [2.45, 2.75) is 0 Å². The molecule has 0 bridgehead atoms. The van der Waals surface area contributed by atoms with Crippen LogP contribution in [0.2, 0.25) is 0 Å². The first-order valence-electron chi connectivity index (χ1n) is 5.73. The molecule has 3 aromatic rings. The van der Waals surface area contributed by atoms with Gasteiger partial charge in [0.25, 0.3) is 0 Å². The molecule has 0 aliphatic carbocycles. The minimum atomic E-state index is -0.474. The molecule has 0 saturated carbocycles. The second kappa shape index (κ2) is 4.51. The molecule has 2 aromatic heterocycles. The number of benzene rings is 1. The lowest BCUT2D eigenvalue weighted by Crippen LogP contribution is -2.03. The fourth-order valence-corrected chi connectivity index (χ4v) is 1.88. The van der Waals surface area contributed by atoms with Crippen molar-refractivity contribution in [2.75, 3.05) is 11.1 Å². The number of hydrogen-bond donors (Lipinski definition) is 2. The number of anilines is 3. The second-order valence-electron chi connectivity index (χ2n) is 4.10. The van der Waals surface area contributed by atoms with Crippen LogP contribution in [0.1, 0.15) is 5.56 Å². The van der Waals surface area contributed by atoms with Crippen LogP contribution >= 0.6 is 0 Å². The van der Waals surface area contributed by atoms with Crippen LogP contribution in [0.4, 0.5) is 21.7 Å². The van der Waals surface area contributed by atoms with Crippen LogP contribution in [0.15, 0.2) is 36.8 Å². The van der Waals surface area contributed by atoms with Crippen LogP contribution in [-0.4, -0.2) is 14.4 Å². The fourth-order valence-electron chi connectivity index (χ4n) is 1.88. The van der Waals surface area contributed by atoms with Gasteiger partial charge < -0.3 is 15.5 Å². The van der Waals surface area contributed by atoms with Gasteiger partial charge in [-0.25, -0.2) is 14.4 Å². The van der Waals surface area contributed by atoms with E-state index < -0.39 is 5.82 Å². The molecule has 0 spiro atoms. The molecule has 0 fully saturated rings. The number of nitriles is 1. The van der Waals surface area contributed by atoms with Gasteiger partial charge in [0, 0.05) is 12.4 Å². The molecule has 0 atom stereocenters. The number of aromatic nitrogens is 3. The number of nitrogen functional groups attached to an aromatic ring is 1. The summed E-state index contributed by atoms with van der Waals surface area (Å²) in [6.07, 6.45) is 4.97. The number of imidazole rings is 1. The lowest BCUT2D eigenvalue weighted by molar-refractivity contribution is 0.627. The van der Waals surface area contributed by atoms with Crippen molar-refractivity contribution in [1.82, 2.24) is 14.4 Å². The van der Waals surface area contributed by atoms with Gasteiger partial charge in [-0.05, 0) is 18.2 Å². The second-order valence-corrected chi connectivity index (χ2v) is 4.10. The van der Waals surface area contributed by atoms with E-state index in [1.54, 1.807) is 23.0 Å². The summed E-state index contributed by atoms with van der Waals surface area (Å²) in [6, 6.07) is 5.81. The Balaban J connectivity index is 2.10. The Morgan fingerprint density at radius 3 is 3.05 bits per heavy atom. The molecule has 0 amide bonds. The van der Waals surface area contributed by atoms with E-state index in [1.807, 2.05) is 6.07 Å². The summed E-state index contributed by atoms with van der Waals surface area (Å²) >= 11 is 0. The quantitative estimate of drug-likeness (QED) is 0.742. The van der Waals surface area contributed by atoms with E-state index in [-0.39, 0.29) is 5.56 Å². The topological polar surface area (TPSA) is 92.0 Å². The first kappa shape index (κ1) is 11.9. The lowest BCUT2D eigenvalue weighted by Gasteiger charge is -2.09. The number of nitrogens with zero attached hydrogens (tertiary/aromatic N) is 4. The van der Waals surface area contributed by atoms with E-state index in [0.29, 0.717) is 23.0 Å². The van der Waals surface area contributed by atoms with Gasteiger partial charge in [0.05, 0.1) is 17.4 Å². The lowest BCUT2D eigenvalue weighted by atomic mass is 10.2. The highest BCUT2D eigenvalue weighted by molar-refractivity contribution is 5.74. The molecule has 7 heteroatoms. The summed E-state index contributed by atoms with van der Waals surface area (Å²) in [7, 11) is 0. The van der Waals surface area contributed by atoms with E-state index in [2.05, 4.69) is 15.3 Å². The summed E-state index contributed by atoms with van der Waals surface area (Å²) in [5.74, 6) is 0.232. The van der Waals surface area contributed by atoms with Gasteiger partial charge in [-0.2, -0.15) is 5.26 Å². The fraction of sp³-hybridized carbons (Fsp3) is 0. The third kappa shape index (κ3) is 1.99. The van der Waals surface area contributed by atoms with Crippen molar-refractivity contribution in [3.63, 3.8) is 0 Å². The van der Waals surface area contributed by atoms with Gasteiger partial charge in [0.15, 0.2) is 11.5 Å². The summed E-state index contributed by atoms with van der Waals surface area (Å²) in [5, 5.41) is 12.0. The van der Waals surface area contributed by atoms with E-state index in [1.165, 1.54) is 12.1 Å². The number of nitrogens with two attached hydrogens (primary N) is 1. The van der Waals surface area contributed by atoms with Crippen LogP contribution in [0.25, 0.3) is 5.65 Å². The highest BCUT2D eigenvalue weighted by Gasteiger charge is 2.09. The van der Waals surface area contributed by atoms with Gasteiger partial charge in [-0.3, -0.25) is 0 Å². The van der Waals surface area contributed by atoms with E-state index in [4.69, 9.17) is 11.0 Å². The Bertz CT molecular complexity index is 832. The number of fused-ring (bicyclic) bond motifs is 1. The zero-order chi connectivity index (χ0) is 14.1. The van der Waals surface area contributed by atoms with E-state index >= 15 is 0 Å². The third-order valence-electron chi connectivity index (χ3n) is 2.75. The zero-order valence-corrected chi connectivity index (χ0v) is 10.2. The Morgan fingerprint density at radius 1 is 1.40 bits per heavy atom. The van der Waals surface area contributed by atoms with Crippen LogP contribution in [-0.2, 0) is 0 Å². The zero-order valence-electron chi connectivity index (χ0n) is 10.2. The first-order chi connectivity index (χ1) is 9.67. The Labute approximate surface area is 113 Å². The van der Waals surface area contributed by atoms with Gasteiger partial charge >= 0.3 is 0 Å². The average Bonchev–Trinajstić information content (AvgIpc) is 2.88. The molecular weight excluding hydrogens is 259 g/mol. The van der Waals surface area contributed by atoms with Crippen molar-refractivity contribution < 1.29 is 4.39 Å². The maximum Gasteiger partial charge on any atom is 0.180 e. The summed E-state index contributed by atoms with van der Waals surface area (Å²) in [5.41, 5.74) is 6.89. The molecule has 0 radical (unpaired) electrons. The van der Waals surface area contributed by atoms with Gasteiger partial charge in [-0.15, -0.1) is 0 Å². The summed E-state index contributed by atoms with van der Waals surface area (Å²) in [6.45, 7) is 0. The molecule has 0 saturated heterocycles. The van der Waals surface area contributed by atoms with Crippen molar-refractivity contribution in [2.24, 2.45) is 0 Å². The molecule has 0 aliphatic heterocycles.